The van der Waals surface area contributed by atoms with Crippen LogP contribution in [0.3, 0.4) is 0 Å². The van der Waals surface area contributed by atoms with Crippen molar-refractivity contribution in [2.45, 2.75) is 20.2 Å². The predicted octanol–water partition coefficient (Wildman–Crippen LogP) is 2.89. The standard InChI is InChI=1S/C18H20ClN5O2/c1-13-10-14(19)4-5-17(13)26-12-24-9-7-16(21-24)18(25)22(2)11-15-6-8-20-23(15)3/h4-10H,11-12H2,1-3H3. The van der Waals surface area contributed by atoms with Crippen molar-refractivity contribution in [2.24, 2.45) is 7.05 Å². The highest BCUT2D eigenvalue weighted by Gasteiger charge is 2.16. The van der Waals surface area contributed by atoms with Crippen LogP contribution in [0.1, 0.15) is 21.7 Å². The molecule has 136 valence electrons. The second-order valence-corrected chi connectivity index (χ2v) is 6.47. The Labute approximate surface area is 156 Å². The first-order valence-corrected chi connectivity index (χ1v) is 8.46. The van der Waals surface area contributed by atoms with Crippen molar-refractivity contribution >= 4 is 17.5 Å². The quantitative estimate of drug-likeness (QED) is 0.666. The molecule has 3 aromatic rings. The summed E-state index contributed by atoms with van der Waals surface area (Å²) in [6, 6.07) is 8.98. The molecule has 2 aromatic heterocycles. The highest BCUT2D eigenvalue weighted by molar-refractivity contribution is 6.30. The maximum atomic E-state index is 12.5. The van der Waals surface area contributed by atoms with E-state index in [0.29, 0.717) is 17.3 Å². The van der Waals surface area contributed by atoms with Crippen molar-refractivity contribution in [1.29, 1.82) is 0 Å². The van der Waals surface area contributed by atoms with Crippen LogP contribution in [0, 0.1) is 6.92 Å². The Morgan fingerprint density at radius 1 is 1.31 bits per heavy atom. The molecular formula is C18H20ClN5O2. The van der Waals surface area contributed by atoms with Gasteiger partial charge in [-0.1, -0.05) is 11.6 Å². The zero-order chi connectivity index (χ0) is 18.7. The Bertz CT molecular complexity index is 918. The molecule has 1 amide bonds. The van der Waals surface area contributed by atoms with Crippen LogP contribution in [-0.4, -0.2) is 37.4 Å². The summed E-state index contributed by atoms with van der Waals surface area (Å²) in [5.74, 6) is 0.568. The van der Waals surface area contributed by atoms with Crippen molar-refractivity contribution in [3.8, 4) is 5.75 Å². The van der Waals surface area contributed by atoms with Crippen LogP contribution in [0.25, 0.3) is 0 Å². The third-order valence-corrected chi connectivity index (χ3v) is 4.25. The number of aryl methyl sites for hydroxylation is 2. The zero-order valence-electron chi connectivity index (χ0n) is 14.9. The number of amides is 1. The lowest BCUT2D eigenvalue weighted by atomic mass is 10.2. The second-order valence-electron chi connectivity index (χ2n) is 6.03. The van der Waals surface area contributed by atoms with E-state index in [1.165, 1.54) is 0 Å². The SMILES string of the molecule is Cc1cc(Cl)ccc1OCn1ccc(C(=O)N(C)Cc2ccnn2C)n1. The number of hydrogen-bond donors (Lipinski definition) is 0. The summed E-state index contributed by atoms with van der Waals surface area (Å²) >= 11 is 5.94. The van der Waals surface area contributed by atoms with Gasteiger partial charge in [-0.05, 0) is 42.8 Å². The topological polar surface area (TPSA) is 65.2 Å². The molecule has 0 unspecified atom stereocenters. The molecule has 0 aliphatic heterocycles. The smallest absolute Gasteiger partial charge is 0.274 e. The number of benzene rings is 1. The second kappa shape index (κ2) is 7.61. The van der Waals surface area contributed by atoms with Crippen LogP contribution in [-0.2, 0) is 20.3 Å². The minimum absolute atomic E-state index is 0.160. The zero-order valence-corrected chi connectivity index (χ0v) is 15.6. The molecule has 8 heteroatoms. The van der Waals surface area contributed by atoms with E-state index in [2.05, 4.69) is 10.2 Å². The van der Waals surface area contributed by atoms with Gasteiger partial charge in [-0.25, -0.2) is 4.68 Å². The monoisotopic (exact) mass is 373 g/mol. The molecule has 0 bridgehead atoms. The van der Waals surface area contributed by atoms with Gasteiger partial charge in [-0.2, -0.15) is 10.2 Å². The van der Waals surface area contributed by atoms with Crippen molar-refractivity contribution < 1.29 is 9.53 Å². The van der Waals surface area contributed by atoms with E-state index < -0.39 is 0 Å². The van der Waals surface area contributed by atoms with E-state index in [9.17, 15) is 4.79 Å². The van der Waals surface area contributed by atoms with Crippen LogP contribution >= 0.6 is 11.6 Å². The van der Waals surface area contributed by atoms with Crippen LogP contribution in [0.15, 0.2) is 42.7 Å². The normalized spacial score (nSPS) is 10.8. The first-order chi connectivity index (χ1) is 12.4. The van der Waals surface area contributed by atoms with Gasteiger partial charge in [0.1, 0.15) is 5.75 Å². The van der Waals surface area contributed by atoms with Gasteiger partial charge in [-0.3, -0.25) is 9.48 Å². The number of aromatic nitrogens is 4. The van der Waals surface area contributed by atoms with Crippen molar-refractivity contribution in [3.63, 3.8) is 0 Å². The fourth-order valence-corrected chi connectivity index (χ4v) is 2.75. The summed E-state index contributed by atoms with van der Waals surface area (Å²) < 4.78 is 9.06. The van der Waals surface area contributed by atoms with Gasteiger partial charge in [-0.15, -0.1) is 0 Å². The third kappa shape index (κ3) is 4.05. The van der Waals surface area contributed by atoms with Crippen molar-refractivity contribution in [3.05, 3.63) is 64.7 Å². The number of ether oxygens (including phenoxy) is 1. The van der Waals surface area contributed by atoms with Gasteiger partial charge in [0.2, 0.25) is 0 Å². The highest BCUT2D eigenvalue weighted by atomic mass is 35.5. The molecule has 0 N–H and O–H groups in total. The number of hydrogen-bond acceptors (Lipinski definition) is 4. The van der Waals surface area contributed by atoms with Gasteiger partial charge in [0.05, 0.1) is 12.2 Å². The minimum atomic E-state index is -0.160. The summed E-state index contributed by atoms with van der Waals surface area (Å²) in [4.78, 5) is 14.1. The summed E-state index contributed by atoms with van der Waals surface area (Å²) in [5, 5.41) is 9.07. The van der Waals surface area contributed by atoms with Crippen molar-refractivity contribution in [1.82, 2.24) is 24.5 Å². The molecule has 0 spiro atoms. The van der Waals surface area contributed by atoms with E-state index in [1.54, 1.807) is 45.8 Å². The Morgan fingerprint density at radius 2 is 2.12 bits per heavy atom. The lowest BCUT2D eigenvalue weighted by molar-refractivity contribution is 0.0774. The Kier molecular flexibility index (Phi) is 5.27. The lowest BCUT2D eigenvalue weighted by Crippen LogP contribution is -2.27. The molecule has 1 aromatic carbocycles. The average molecular weight is 374 g/mol. The molecular weight excluding hydrogens is 354 g/mol. The third-order valence-electron chi connectivity index (χ3n) is 4.02. The predicted molar refractivity (Wildman–Crippen MR) is 98.0 cm³/mol. The molecule has 0 fully saturated rings. The first-order valence-electron chi connectivity index (χ1n) is 8.09. The van der Waals surface area contributed by atoms with E-state index in [0.717, 1.165) is 17.0 Å². The number of nitrogens with zero attached hydrogens (tertiary/aromatic N) is 5. The van der Waals surface area contributed by atoms with Crippen LogP contribution in [0.2, 0.25) is 5.02 Å². The Morgan fingerprint density at radius 3 is 2.81 bits per heavy atom. The maximum absolute atomic E-state index is 12.5. The molecule has 26 heavy (non-hydrogen) atoms. The van der Waals surface area contributed by atoms with Gasteiger partial charge in [0.15, 0.2) is 12.4 Å². The van der Waals surface area contributed by atoms with Gasteiger partial charge in [0, 0.05) is 31.5 Å². The largest absolute Gasteiger partial charge is 0.471 e. The fraction of sp³-hybridized carbons (Fsp3) is 0.278. The molecule has 0 radical (unpaired) electrons. The maximum Gasteiger partial charge on any atom is 0.274 e. The van der Waals surface area contributed by atoms with E-state index >= 15 is 0 Å². The molecule has 3 rings (SSSR count). The van der Waals surface area contributed by atoms with Crippen molar-refractivity contribution in [2.75, 3.05) is 7.05 Å². The molecule has 0 saturated heterocycles. The molecule has 7 nitrogen and oxygen atoms in total. The van der Waals surface area contributed by atoms with Gasteiger partial charge >= 0.3 is 0 Å². The van der Waals surface area contributed by atoms with Crippen LogP contribution < -0.4 is 4.74 Å². The molecule has 0 saturated carbocycles. The van der Waals surface area contributed by atoms with Crippen LogP contribution in [0.4, 0.5) is 0 Å². The van der Waals surface area contributed by atoms with E-state index in [4.69, 9.17) is 16.3 Å². The molecule has 2 heterocycles. The average Bonchev–Trinajstić information content (AvgIpc) is 3.23. The molecule has 0 aliphatic carbocycles. The summed E-state index contributed by atoms with van der Waals surface area (Å²) in [7, 11) is 3.58. The number of carbonyl (C=O) groups is 1. The number of rotatable bonds is 6. The summed E-state index contributed by atoms with van der Waals surface area (Å²) in [5.41, 5.74) is 2.25. The number of carbonyl (C=O) groups excluding carboxylic acids is 1. The van der Waals surface area contributed by atoms with Gasteiger partial charge < -0.3 is 9.64 Å². The molecule has 0 atom stereocenters. The Hall–Kier alpha value is -2.80. The van der Waals surface area contributed by atoms with Crippen LogP contribution in [0.5, 0.6) is 5.75 Å². The van der Waals surface area contributed by atoms with E-state index in [1.807, 2.05) is 32.2 Å². The molecule has 0 aliphatic rings. The highest BCUT2D eigenvalue weighted by Crippen LogP contribution is 2.22. The number of halogens is 1. The minimum Gasteiger partial charge on any atom is -0.471 e. The lowest BCUT2D eigenvalue weighted by Gasteiger charge is -2.15. The van der Waals surface area contributed by atoms with E-state index in [-0.39, 0.29) is 12.6 Å². The summed E-state index contributed by atoms with van der Waals surface area (Å²) in [6.45, 7) is 2.59. The fourth-order valence-electron chi connectivity index (χ4n) is 2.52. The van der Waals surface area contributed by atoms with Gasteiger partial charge in [0.25, 0.3) is 5.91 Å². The Balaban J connectivity index is 1.61. The summed E-state index contributed by atoms with van der Waals surface area (Å²) in [6.07, 6.45) is 3.43. The first kappa shape index (κ1) is 18.0.